The van der Waals surface area contributed by atoms with E-state index in [4.69, 9.17) is 4.74 Å². The third kappa shape index (κ3) is 2.20. The molecule has 0 saturated carbocycles. The van der Waals surface area contributed by atoms with Gasteiger partial charge in [0.05, 0.1) is 13.7 Å². The number of hydrogen-bond donors (Lipinski definition) is 1. The number of methoxy groups -OCH3 is 1. The largest absolute Gasteiger partial charge is 0.480 e. The summed E-state index contributed by atoms with van der Waals surface area (Å²) < 4.78 is 9.23. The van der Waals surface area contributed by atoms with Gasteiger partial charge in [-0.3, -0.25) is 4.40 Å². The van der Waals surface area contributed by atoms with Crippen molar-refractivity contribution in [2.24, 2.45) is 7.05 Å². The van der Waals surface area contributed by atoms with E-state index in [2.05, 4.69) is 20.5 Å². The van der Waals surface area contributed by atoms with Crippen LogP contribution in [0.5, 0.6) is 5.88 Å². The molecular weight excluding hydrogens is 264 g/mol. The van der Waals surface area contributed by atoms with Crippen LogP contribution in [0.25, 0.3) is 4.96 Å². The number of thiazole rings is 1. The van der Waals surface area contributed by atoms with Crippen molar-refractivity contribution < 1.29 is 4.74 Å². The molecule has 0 radical (unpaired) electrons. The van der Waals surface area contributed by atoms with Gasteiger partial charge in [-0.1, -0.05) is 0 Å². The maximum absolute atomic E-state index is 5.30. The van der Waals surface area contributed by atoms with Crippen molar-refractivity contribution in [3.8, 4) is 5.88 Å². The van der Waals surface area contributed by atoms with Crippen LogP contribution in [0.15, 0.2) is 17.9 Å². The first kappa shape index (κ1) is 12.1. The van der Waals surface area contributed by atoms with Crippen LogP contribution in [0.3, 0.4) is 0 Å². The van der Waals surface area contributed by atoms with Gasteiger partial charge < -0.3 is 14.6 Å². The summed E-state index contributed by atoms with van der Waals surface area (Å²) in [5.41, 5.74) is 1.01. The standard InChI is InChI=1S/C11H14N6OS/c1-16-7-13-15-9(16)6-12-5-8-10(18-2)14-11-17(8)3-4-19-11/h3-4,7,12H,5-6H2,1-2H3. The number of ether oxygens (including phenoxy) is 1. The van der Waals surface area contributed by atoms with Crippen LogP contribution in [0.1, 0.15) is 11.5 Å². The number of imidazole rings is 1. The van der Waals surface area contributed by atoms with Gasteiger partial charge in [0.2, 0.25) is 5.88 Å². The molecule has 3 aromatic heterocycles. The Bertz CT molecular complexity index is 684. The van der Waals surface area contributed by atoms with E-state index in [1.165, 1.54) is 0 Å². The zero-order valence-electron chi connectivity index (χ0n) is 10.7. The number of nitrogens with zero attached hydrogens (tertiary/aromatic N) is 5. The Labute approximate surface area is 113 Å². The lowest BCUT2D eigenvalue weighted by molar-refractivity contribution is 0.392. The first-order valence-corrected chi connectivity index (χ1v) is 6.69. The van der Waals surface area contributed by atoms with E-state index in [9.17, 15) is 0 Å². The van der Waals surface area contributed by atoms with Crippen molar-refractivity contribution in [2.45, 2.75) is 13.1 Å². The highest BCUT2D eigenvalue weighted by Gasteiger charge is 2.13. The van der Waals surface area contributed by atoms with E-state index in [1.807, 2.05) is 27.6 Å². The molecule has 1 N–H and O–H groups in total. The van der Waals surface area contributed by atoms with Gasteiger partial charge in [-0.05, 0) is 0 Å². The second kappa shape index (κ2) is 4.98. The molecule has 0 saturated heterocycles. The zero-order chi connectivity index (χ0) is 13.2. The second-order valence-corrected chi connectivity index (χ2v) is 4.96. The molecule has 0 aliphatic carbocycles. The summed E-state index contributed by atoms with van der Waals surface area (Å²) in [6.07, 6.45) is 3.68. The lowest BCUT2D eigenvalue weighted by Crippen LogP contribution is -2.17. The van der Waals surface area contributed by atoms with E-state index >= 15 is 0 Å². The molecule has 3 rings (SSSR count). The SMILES string of the molecule is COc1nc2sccn2c1CNCc1nncn1C. The van der Waals surface area contributed by atoms with Crippen molar-refractivity contribution in [1.29, 1.82) is 0 Å². The van der Waals surface area contributed by atoms with Gasteiger partial charge in [-0.2, -0.15) is 4.98 Å². The minimum atomic E-state index is 0.650. The molecule has 3 aromatic rings. The van der Waals surface area contributed by atoms with Crippen LogP contribution in [0, 0.1) is 0 Å². The summed E-state index contributed by atoms with van der Waals surface area (Å²) in [6, 6.07) is 0. The lowest BCUT2D eigenvalue weighted by atomic mass is 10.4. The average Bonchev–Trinajstić information content (AvgIpc) is 3.07. The highest BCUT2D eigenvalue weighted by molar-refractivity contribution is 7.15. The van der Waals surface area contributed by atoms with Gasteiger partial charge in [0.15, 0.2) is 4.96 Å². The molecular formula is C11H14N6OS. The number of fused-ring (bicyclic) bond motifs is 1. The molecule has 100 valence electrons. The second-order valence-electron chi connectivity index (χ2n) is 4.08. The summed E-state index contributed by atoms with van der Waals surface area (Å²) in [5, 5.41) is 13.2. The zero-order valence-corrected chi connectivity index (χ0v) is 11.5. The van der Waals surface area contributed by atoms with Crippen molar-refractivity contribution in [3.63, 3.8) is 0 Å². The topological polar surface area (TPSA) is 69.3 Å². The first-order chi connectivity index (χ1) is 9.29. The predicted octanol–water partition coefficient (Wildman–Crippen LogP) is 0.823. The number of aryl methyl sites for hydroxylation is 1. The Hall–Kier alpha value is -1.93. The Morgan fingerprint density at radius 3 is 3.05 bits per heavy atom. The molecule has 0 spiro atoms. The Morgan fingerprint density at radius 1 is 1.42 bits per heavy atom. The highest BCUT2D eigenvalue weighted by Crippen LogP contribution is 2.22. The predicted molar refractivity (Wildman–Crippen MR) is 71.2 cm³/mol. The molecule has 0 unspecified atom stereocenters. The summed E-state index contributed by atoms with van der Waals surface area (Å²) in [4.78, 5) is 5.35. The maximum Gasteiger partial charge on any atom is 0.237 e. The molecule has 0 aliphatic rings. The normalized spacial score (nSPS) is 11.3. The maximum atomic E-state index is 5.30. The van der Waals surface area contributed by atoms with E-state index in [1.54, 1.807) is 24.8 Å². The van der Waals surface area contributed by atoms with Gasteiger partial charge >= 0.3 is 0 Å². The molecule has 0 aliphatic heterocycles. The van der Waals surface area contributed by atoms with Crippen molar-refractivity contribution in [3.05, 3.63) is 29.4 Å². The fourth-order valence-corrected chi connectivity index (χ4v) is 2.62. The van der Waals surface area contributed by atoms with E-state index < -0.39 is 0 Å². The molecule has 0 aromatic carbocycles. The van der Waals surface area contributed by atoms with Crippen LogP contribution in [0.2, 0.25) is 0 Å². The molecule has 8 heteroatoms. The molecule has 0 bridgehead atoms. The summed E-state index contributed by atoms with van der Waals surface area (Å²) in [5.74, 6) is 1.56. The van der Waals surface area contributed by atoms with Crippen LogP contribution in [-0.4, -0.2) is 31.3 Å². The quantitative estimate of drug-likeness (QED) is 0.748. The van der Waals surface area contributed by atoms with Gasteiger partial charge in [0, 0.05) is 25.2 Å². The van der Waals surface area contributed by atoms with Gasteiger partial charge in [-0.15, -0.1) is 21.5 Å². The van der Waals surface area contributed by atoms with Gasteiger partial charge in [0.1, 0.15) is 17.8 Å². The summed E-state index contributed by atoms with van der Waals surface area (Å²) in [6.45, 7) is 1.31. The number of hydrogen-bond acceptors (Lipinski definition) is 6. The minimum Gasteiger partial charge on any atom is -0.480 e. The lowest BCUT2D eigenvalue weighted by Gasteiger charge is -2.05. The van der Waals surface area contributed by atoms with Crippen molar-refractivity contribution >= 4 is 16.3 Å². The number of rotatable bonds is 5. The Morgan fingerprint density at radius 2 is 2.32 bits per heavy atom. The van der Waals surface area contributed by atoms with E-state index in [0.29, 0.717) is 19.0 Å². The monoisotopic (exact) mass is 278 g/mol. The fourth-order valence-electron chi connectivity index (χ4n) is 1.90. The molecule has 19 heavy (non-hydrogen) atoms. The smallest absolute Gasteiger partial charge is 0.237 e. The molecule has 0 atom stereocenters. The summed E-state index contributed by atoms with van der Waals surface area (Å²) in [7, 11) is 3.56. The Balaban J connectivity index is 1.74. The molecule has 0 fully saturated rings. The van der Waals surface area contributed by atoms with Crippen LogP contribution in [-0.2, 0) is 20.1 Å². The number of nitrogens with one attached hydrogen (secondary N) is 1. The van der Waals surface area contributed by atoms with Crippen LogP contribution in [0.4, 0.5) is 0 Å². The summed E-state index contributed by atoms with van der Waals surface area (Å²) >= 11 is 1.59. The van der Waals surface area contributed by atoms with E-state index in [0.717, 1.165) is 16.5 Å². The number of aromatic nitrogens is 5. The van der Waals surface area contributed by atoms with Gasteiger partial charge in [0.25, 0.3) is 0 Å². The van der Waals surface area contributed by atoms with Crippen LogP contribution >= 0.6 is 11.3 Å². The Kier molecular flexibility index (Phi) is 3.18. The molecule has 7 nitrogen and oxygen atoms in total. The fraction of sp³-hybridized carbons (Fsp3) is 0.364. The van der Waals surface area contributed by atoms with Crippen molar-refractivity contribution in [2.75, 3.05) is 7.11 Å². The highest BCUT2D eigenvalue weighted by atomic mass is 32.1. The molecule has 0 amide bonds. The van der Waals surface area contributed by atoms with E-state index in [-0.39, 0.29) is 0 Å². The minimum absolute atomic E-state index is 0.650. The van der Waals surface area contributed by atoms with Gasteiger partial charge in [-0.25, -0.2) is 0 Å². The van der Waals surface area contributed by atoms with Crippen LogP contribution < -0.4 is 10.1 Å². The first-order valence-electron chi connectivity index (χ1n) is 5.81. The van der Waals surface area contributed by atoms with Crippen molar-refractivity contribution in [1.82, 2.24) is 29.5 Å². The average molecular weight is 278 g/mol. The molecule has 3 heterocycles. The third-order valence-corrected chi connectivity index (χ3v) is 3.65. The third-order valence-electron chi connectivity index (χ3n) is 2.90.